The zero-order valence-electron chi connectivity index (χ0n) is 19.4. The van der Waals surface area contributed by atoms with Crippen LogP contribution in [0.4, 0.5) is 0 Å². The highest BCUT2D eigenvalue weighted by Crippen LogP contribution is 2.33. The van der Waals surface area contributed by atoms with Gasteiger partial charge in [0.1, 0.15) is 4.60 Å². The second kappa shape index (κ2) is 10.5. The van der Waals surface area contributed by atoms with Crippen molar-refractivity contribution in [2.45, 2.75) is 41.5 Å². The molecule has 0 aliphatic heterocycles. The van der Waals surface area contributed by atoms with Crippen LogP contribution in [-0.2, 0) is 0 Å². The van der Waals surface area contributed by atoms with Crippen LogP contribution < -0.4 is 0 Å². The summed E-state index contributed by atoms with van der Waals surface area (Å²) < 4.78 is 1.89. The third kappa shape index (κ3) is 5.93. The molecule has 2 nitrogen and oxygen atoms in total. The molecule has 4 rings (SSSR count). The normalized spacial score (nSPS) is 10.5. The zero-order valence-corrected chi connectivity index (χ0v) is 22.6. The quantitative estimate of drug-likeness (QED) is 0.232. The molecule has 32 heavy (non-hydrogen) atoms. The van der Waals surface area contributed by atoms with Crippen molar-refractivity contribution in [3.05, 3.63) is 103 Å². The lowest BCUT2D eigenvalue weighted by Crippen LogP contribution is -1.95. The van der Waals surface area contributed by atoms with Gasteiger partial charge in [-0.05, 0) is 115 Å². The summed E-state index contributed by atoms with van der Waals surface area (Å²) in [5.74, 6) is 0. The van der Waals surface area contributed by atoms with Gasteiger partial charge in [-0.1, -0.05) is 51.3 Å². The first-order chi connectivity index (χ1) is 15.2. The molecule has 0 saturated heterocycles. The van der Waals surface area contributed by atoms with Crippen LogP contribution in [0.25, 0.3) is 22.4 Å². The van der Waals surface area contributed by atoms with E-state index in [1.165, 1.54) is 50.1 Å². The number of halogens is 2. The first-order valence-electron chi connectivity index (χ1n) is 10.5. The maximum absolute atomic E-state index is 4.66. The summed E-state index contributed by atoms with van der Waals surface area (Å²) in [4.78, 5) is 8.59. The summed E-state index contributed by atoms with van der Waals surface area (Å²) in [6, 6.07) is 17.1. The van der Waals surface area contributed by atoms with E-state index in [0.717, 1.165) is 14.8 Å². The molecule has 2 heterocycles. The Morgan fingerprint density at radius 3 is 1.53 bits per heavy atom. The average molecular weight is 552 g/mol. The number of pyridine rings is 2. The maximum Gasteiger partial charge on any atom is 0.107 e. The molecule has 0 spiro atoms. The van der Waals surface area contributed by atoms with Crippen molar-refractivity contribution in [2.24, 2.45) is 0 Å². The van der Waals surface area contributed by atoms with Crippen LogP contribution in [0.15, 0.2) is 70.0 Å². The minimum Gasteiger partial charge on any atom is -0.256 e. The monoisotopic (exact) mass is 550 g/mol. The maximum atomic E-state index is 4.66. The Balaban J connectivity index is 0.000000305. The van der Waals surface area contributed by atoms with Crippen molar-refractivity contribution in [3.63, 3.8) is 0 Å². The number of rotatable bonds is 2. The molecule has 0 bridgehead atoms. The van der Waals surface area contributed by atoms with Crippen LogP contribution >= 0.6 is 31.9 Å². The summed E-state index contributed by atoms with van der Waals surface area (Å²) in [6.07, 6.45) is 3.66. The predicted octanol–water partition coefficient (Wildman–Crippen LogP) is 8.87. The molecule has 0 N–H and O–H groups in total. The van der Waals surface area contributed by atoms with Crippen LogP contribution in [-0.4, -0.2) is 9.97 Å². The van der Waals surface area contributed by atoms with Gasteiger partial charge in [0.2, 0.25) is 0 Å². The molecule has 0 aliphatic carbocycles. The van der Waals surface area contributed by atoms with E-state index in [1.54, 1.807) is 6.20 Å². The predicted molar refractivity (Wildman–Crippen MR) is 143 cm³/mol. The Kier molecular flexibility index (Phi) is 8.02. The van der Waals surface area contributed by atoms with Crippen LogP contribution in [0.2, 0.25) is 0 Å². The molecule has 164 valence electrons. The average Bonchev–Trinajstić information content (AvgIpc) is 2.67. The molecule has 0 aliphatic rings. The molecule has 0 saturated carbocycles. The number of hydrogen-bond acceptors (Lipinski definition) is 2. The summed E-state index contributed by atoms with van der Waals surface area (Å²) in [5, 5.41) is 0. The van der Waals surface area contributed by atoms with Gasteiger partial charge >= 0.3 is 0 Å². The van der Waals surface area contributed by atoms with E-state index in [-0.39, 0.29) is 0 Å². The summed E-state index contributed by atoms with van der Waals surface area (Å²) >= 11 is 6.51. The number of nitrogens with zero attached hydrogens (tertiary/aromatic N) is 2. The lowest BCUT2D eigenvalue weighted by Gasteiger charge is -2.15. The van der Waals surface area contributed by atoms with Crippen LogP contribution in [0.3, 0.4) is 0 Å². The SMILES string of the molecule is Brc1ccnc(Br)c1.Cc1cc(C)c(-c2ccnc(-c3c(C)cc(C)cc3C)c2)c(C)c1. The zero-order chi connectivity index (χ0) is 23.4. The van der Waals surface area contributed by atoms with Gasteiger partial charge < -0.3 is 0 Å². The standard InChI is InChI=1S/C23H25N.C5H3Br2N/c1-14-9-16(3)22(17(4)10-14)20-7-8-24-21(13-20)23-18(5)11-15(2)12-19(23)6;6-4-1-2-8-5(7)3-4/h7-13H,1-6H3;1-3H. The fourth-order valence-electron chi connectivity index (χ4n) is 4.32. The fraction of sp³-hybridized carbons (Fsp3) is 0.214. The molecule has 0 unspecified atom stereocenters. The third-order valence-electron chi connectivity index (χ3n) is 5.35. The molecule has 0 amide bonds. The number of benzene rings is 2. The van der Waals surface area contributed by atoms with Crippen molar-refractivity contribution in [2.75, 3.05) is 0 Å². The van der Waals surface area contributed by atoms with Gasteiger partial charge in [0.25, 0.3) is 0 Å². The van der Waals surface area contributed by atoms with E-state index >= 15 is 0 Å². The van der Waals surface area contributed by atoms with E-state index in [2.05, 4.69) is 120 Å². The van der Waals surface area contributed by atoms with Gasteiger partial charge in [-0.25, -0.2) is 4.98 Å². The minimum absolute atomic E-state index is 0.854. The van der Waals surface area contributed by atoms with Crippen molar-refractivity contribution in [1.82, 2.24) is 9.97 Å². The van der Waals surface area contributed by atoms with Crippen LogP contribution in [0.5, 0.6) is 0 Å². The van der Waals surface area contributed by atoms with Gasteiger partial charge in [-0.15, -0.1) is 0 Å². The fourth-order valence-corrected chi connectivity index (χ4v) is 5.33. The molecular weight excluding hydrogens is 524 g/mol. The minimum atomic E-state index is 0.854. The molecule has 2 aromatic heterocycles. The Labute approximate surface area is 208 Å². The van der Waals surface area contributed by atoms with Crippen LogP contribution in [0, 0.1) is 41.5 Å². The van der Waals surface area contributed by atoms with E-state index in [9.17, 15) is 0 Å². The van der Waals surface area contributed by atoms with Crippen molar-refractivity contribution >= 4 is 31.9 Å². The second-order valence-electron chi connectivity index (χ2n) is 8.27. The molecule has 2 aromatic carbocycles. The first-order valence-corrected chi connectivity index (χ1v) is 12.1. The van der Waals surface area contributed by atoms with Gasteiger partial charge in [0, 0.05) is 22.4 Å². The van der Waals surface area contributed by atoms with E-state index in [4.69, 9.17) is 0 Å². The highest BCUT2D eigenvalue weighted by molar-refractivity contribution is 9.11. The molecular formula is C28H28Br2N2. The summed E-state index contributed by atoms with van der Waals surface area (Å²) in [5.41, 5.74) is 12.7. The van der Waals surface area contributed by atoms with Gasteiger partial charge in [-0.2, -0.15) is 0 Å². The van der Waals surface area contributed by atoms with Crippen LogP contribution in [0.1, 0.15) is 33.4 Å². The third-order valence-corrected chi connectivity index (χ3v) is 6.27. The van der Waals surface area contributed by atoms with Crippen molar-refractivity contribution in [3.8, 4) is 22.4 Å². The Bertz CT molecular complexity index is 1130. The van der Waals surface area contributed by atoms with Crippen molar-refractivity contribution < 1.29 is 0 Å². The Morgan fingerprint density at radius 2 is 1.06 bits per heavy atom. The van der Waals surface area contributed by atoms with Gasteiger partial charge in [0.15, 0.2) is 0 Å². The van der Waals surface area contributed by atoms with Gasteiger partial charge in [-0.3, -0.25) is 4.98 Å². The van der Waals surface area contributed by atoms with E-state index in [0.29, 0.717) is 0 Å². The lowest BCUT2D eigenvalue weighted by atomic mass is 9.92. The molecule has 4 heteroatoms. The molecule has 4 aromatic rings. The highest BCUT2D eigenvalue weighted by Gasteiger charge is 2.12. The summed E-state index contributed by atoms with van der Waals surface area (Å²) in [7, 11) is 0. The molecule has 0 radical (unpaired) electrons. The number of aryl methyl sites for hydroxylation is 6. The Hall–Kier alpha value is -2.30. The lowest BCUT2D eigenvalue weighted by molar-refractivity contribution is 1.25. The van der Waals surface area contributed by atoms with E-state index < -0.39 is 0 Å². The second-order valence-corrected chi connectivity index (χ2v) is 10.0. The topological polar surface area (TPSA) is 25.8 Å². The van der Waals surface area contributed by atoms with Crippen molar-refractivity contribution in [1.29, 1.82) is 0 Å². The van der Waals surface area contributed by atoms with E-state index in [1.807, 2.05) is 18.3 Å². The highest BCUT2D eigenvalue weighted by atomic mass is 79.9. The largest absolute Gasteiger partial charge is 0.256 e. The smallest absolute Gasteiger partial charge is 0.107 e. The Morgan fingerprint density at radius 1 is 0.562 bits per heavy atom. The summed E-state index contributed by atoms with van der Waals surface area (Å²) in [6.45, 7) is 13.0. The van der Waals surface area contributed by atoms with Gasteiger partial charge in [0.05, 0.1) is 5.69 Å². The number of aromatic nitrogens is 2. The number of hydrogen-bond donors (Lipinski definition) is 0. The first kappa shape index (κ1) is 24.3. The molecule has 0 fully saturated rings. The molecule has 0 atom stereocenters.